The zero-order chi connectivity index (χ0) is 23.8. The zero-order valence-corrected chi connectivity index (χ0v) is 19.3. The molecule has 0 radical (unpaired) electrons. The number of allylic oxidation sites excluding steroid dienone is 2. The van der Waals surface area contributed by atoms with Crippen molar-refractivity contribution in [2.45, 2.75) is 32.6 Å². The van der Waals surface area contributed by atoms with E-state index in [1.165, 1.54) is 19.8 Å². The number of benzene rings is 2. The topological polar surface area (TPSA) is 81.7 Å². The van der Waals surface area contributed by atoms with Crippen molar-refractivity contribution in [3.05, 3.63) is 94.0 Å². The van der Waals surface area contributed by atoms with E-state index >= 15 is 0 Å². The van der Waals surface area contributed by atoms with Crippen LogP contribution in [0.1, 0.15) is 30.0 Å². The molecule has 6 heteroatoms. The number of aryl methyl sites for hydroxylation is 1. The Kier molecular flexibility index (Phi) is 8.19. The molecule has 0 aliphatic heterocycles. The van der Waals surface area contributed by atoms with Crippen LogP contribution in [0.15, 0.2) is 77.3 Å². The molecule has 6 nitrogen and oxygen atoms in total. The predicted octanol–water partition coefficient (Wildman–Crippen LogP) is 3.49. The number of nitrogens with one attached hydrogen (secondary N) is 1. The molecule has 172 valence electrons. The third-order valence-corrected chi connectivity index (χ3v) is 5.72. The van der Waals surface area contributed by atoms with E-state index in [2.05, 4.69) is 5.32 Å². The van der Waals surface area contributed by atoms with Gasteiger partial charge in [-0.15, -0.1) is 0 Å². The van der Waals surface area contributed by atoms with Crippen LogP contribution >= 0.6 is 0 Å². The highest BCUT2D eigenvalue weighted by molar-refractivity contribution is 6.23. The number of ketones is 2. The van der Waals surface area contributed by atoms with Gasteiger partial charge in [0.15, 0.2) is 0 Å². The van der Waals surface area contributed by atoms with Crippen molar-refractivity contribution < 1.29 is 23.9 Å². The summed E-state index contributed by atoms with van der Waals surface area (Å²) >= 11 is 0. The molecule has 0 saturated carbocycles. The fraction of sp³-hybridized carbons (Fsp3) is 0.296. The van der Waals surface area contributed by atoms with Gasteiger partial charge in [-0.2, -0.15) is 0 Å². The van der Waals surface area contributed by atoms with Gasteiger partial charge >= 0.3 is 0 Å². The van der Waals surface area contributed by atoms with Gasteiger partial charge in [0.05, 0.1) is 14.2 Å². The second kappa shape index (κ2) is 11.3. The zero-order valence-electron chi connectivity index (χ0n) is 19.3. The number of ether oxygens (including phenoxy) is 2. The van der Waals surface area contributed by atoms with Gasteiger partial charge in [-0.05, 0) is 36.5 Å². The van der Waals surface area contributed by atoms with E-state index < -0.39 is 0 Å². The largest absolute Gasteiger partial charge is 0.489 e. The van der Waals surface area contributed by atoms with E-state index in [0.717, 1.165) is 17.5 Å². The molecule has 3 rings (SSSR count). The number of rotatable bonds is 10. The van der Waals surface area contributed by atoms with Crippen molar-refractivity contribution in [1.82, 2.24) is 5.32 Å². The van der Waals surface area contributed by atoms with Crippen LogP contribution in [-0.2, 0) is 43.1 Å². The summed E-state index contributed by atoms with van der Waals surface area (Å²) in [5.41, 5.74) is 3.91. The molecular formula is C27H29NO5. The summed E-state index contributed by atoms with van der Waals surface area (Å²) < 4.78 is 10.2. The Morgan fingerprint density at radius 3 is 2.00 bits per heavy atom. The SMILES string of the molecule is COC1=C(OC)C(=O)C(Cc2ccc(CCC(=O)NCCc3ccccc3)cc2)=C(C)C1=O. The van der Waals surface area contributed by atoms with E-state index in [1.807, 2.05) is 54.6 Å². The van der Waals surface area contributed by atoms with Crippen molar-refractivity contribution in [1.29, 1.82) is 0 Å². The molecule has 1 N–H and O–H groups in total. The Morgan fingerprint density at radius 2 is 1.36 bits per heavy atom. The molecule has 1 amide bonds. The maximum atomic E-state index is 12.8. The van der Waals surface area contributed by atoms with Crippen LogP contribution in [0.25, 0.3) is 0 Å². The first-order chi connectivity index (χ1) is 15.9. The number of hydrogen-bond acceptors (Lipinski definition) is 5. The van der Waals surface area contributed by atoms with Crippen molar-refractivity contribution in [2.24, 2.45) is 0 Å². The number of amides is 1. The maximum Gasteiger partial charge on any atom is 0.228 e. The van der Waals surface area contributed by atoms with Gasteiger partial charge in [-0.1, -0.05) is 54.6 Å². The highest BCUT2D eigenvalue weighted by Crippen LogP contribution is 2.28. The van der Waals surface area contributed by atoms with Gasteiger partial charge in [-0.3, -0.25) is 14.4 Å². The van der Waals surface area contributed by atoms with Crippen molar-refractivity contribution >= 4 is 17.5 Å². The molecule has 0 unspecified atom stereocenters. The number of carbonyl (C=O) groups excluding carboxylic acids is 3. The van der Waals surface area contributed by atoms with Crippen LogP contribution in [0.4, 0.5) is 0 Å². The van der Waals surface area contributed by atoms with E-state index in [1.54, 1.807) is 6.92 Å². The molecule has 1 aliphatic carbocycles. The Morgan fingerprint density at radius 1 is 0.788 bits per heavy atom. The summed E-state index contributed by atoms with van der Waals surface area (Å²) in [6, 6.07) is 17.8. The van der Waals surface area contributed by atoms with Crippen molar-refractivity contribution in [3.63, 3.8) is 0 Å². The molecule has 0 bridgehead atoms. The third kappa shape index (κ3) is 5.98. The quantitative estimate of drug-likeness (QED) is 0.564. The van der Waals surface area contributed by atoms with Gasteiger partial charge in [0.2, 0.25) is 29.0 Å². The average Bonchev–Trinajstić information content (AvgIpc) is 2.84. The van der Waals surface area contributed by atoms with Gasteiger partial charge in [0.1, 0.15) is 0 Å². The summed E-state index contributed by atoms with van der Waals surface area (Å²) in [5.74, 6) is -0.754. The summed E-state index contributed by atoms with van der Waals surface area (Å²) in [6.07, 6.45) is 2.17. The number of methoxy groups -OCH3 is 2. The summed E-state index contributed by atoms with van der Waals surface area (Å²) in [4.78, 5) is 37.4. The van der Waals surface area contributed by atoms with Crippen LogP contribution in [0.3, 0.4) is 0 Å². The number of hydrogen-bond donors (Lipinski definition) is 1. The minimum atomic E-state index is -0.334. The second-order valence-corrected chi connectivity index (χ2v) is 7.91. The number of Topliss-reactive ketones (excluding diaryl/α,β-unsaturated/α-hetero) is 2. The Hall–Kier alpha value is -3.67. The lowest BCUT2D eigenvalue weighted by atomic mass is 9.88. The van der Waals surface area contributed by atoms with E-state index in [9.17, 15) is 14.4 Å². The molecule has 0 saturated heterocycles. The lowest BCUT2D eigenvalue weighted by molar-refractivity contribution is -0.121. The van der Waals surface area contributed by atoms with Crippen LogP contribution in [0.2, 0.25) is 0 Å². The minimum absolute atomic E-state index is 0.0231. The van der Waals surface area contributed by atoms with Crippen LogP contribution in [-0.4, -0.2) is 38.2 Å². The van der Waals surface area contributed by atoms with Gasteiger partial charge in [0.25, 0.3) is 0 Å². The molecule has 0 atom stereocenters. The molecule has 0 spiro atoms. The predicted molar refractivity (Wildman–Crippen MR) is 125 cm³/mol. The van der Waals surface area contributed by atoms with Gasteiger partial charge in [0, 0.05) is 30.5 Å². The number of carbonyl (C=O) groups is 3. The molecule has 0 fully saturated rings. The first kappa shape index (κ1) is 24.0. The molecular weight excluding hydrogens is 418 g/mol. The first-order valence-electron chi connectivity index (χ1n) is 10.9. The molecule has 0 aromatic heterocycles. The maximum absolute atomic E-state index is 12.8. The standard InChI is InChI=1S/C27H29NO5/c1-18-22(25(31)27(33-3)26(32-2)24(18)30)17-21-11-9-20(10-12-21)13-14-23(29)28-16-15-19-7-5-4-6-8-19/h4-12H,13-17H2,1-3H3,(H,28,29). The van der Waals surface area contributed by atoms with Gasteiger partial charge in [-0.25, -0.2) is 0 Å². The van der Waals surface area contributed by atoms with Crippen LogP contribution in [0.5, 0.6) is 0 Å². The Labute approximate surface area is 194 Å². The normalized spacial score (nSPS) is 13.9. The third-order valence-electron chi connectivity index (χ3n) is 5.72. The lowest BCUT2D eigenvalue weighted by Crippen LogP contribution is -2.26. The highest BCUT2D eigenvalue weighted by Gasteiger charge is 2.34. The fourth-order valence-corrected chi connectivity index (χ4v) is 3.77. The molecule has 0 heterocycles. The van der Waals surface area contributed by atoms with Crippen LogP contribution < -0.4 is 5.32 Å². The summed E-state index contributed by atoms with van der Waals surface area (Å²) in [7, 11) is 2.70. The monoisotopic (exact) mass is 447 g/mol. The van der Waals surface area contributed by atoms with E-state index in [-0.39, 0.29) is 29.0 Å². The lowest BCUT2D eigenvalue weighted by Gasteiger charge is -2.20. The molecule has 1 aliphatic rings. The van der Waals surface area contributed by atoms with Crippen molar-refractivity contribution in [2.75, 3.05) is 20.8 Å². The van der Waals surface area contributed by atoms with E-state index in [0.29, 0.717) is 37.0 Å². The second-order valence-electron chi connectivity index (χ2n) is 7.91. The van der Waals surface area contributed by atoms with Gasteiger partial charge < -0.3 is 14.8 Å². The molecule has 33 heavy (non-hydrogen) atoms. The average molecular weight is 448 g/mol. The Balaban J connectivity index is 1.53. The van der Waals surface area contributed by atoms with E-state index in [4.69, 9.17) is 9.47 Å². The molecule has 2 aromatic rings. The molecule has 2 aromatic carbocycles. The smallest absolute Gasteiger partial charge is 0.228 e. The first-order valence-corrected chi connectivity index (χ1v) is 10.9. The summed E-state index contributed by atoms with van der Waals surface area (Å²) in [5, 5.41) is 2.96. The highest BCUT2D eigenvalue weighted by atomic mass is 16.5. The Bertz CT molecular complexity index is 1080. The fourth-order valence-electron chi connectivity index (χ4n) is 3.77. The summed E-state index contributed by atoms with van der Waals surface area (Å²) in [6.45, 7) is 2.25. The van der Waals surface area contributed by atoms with Crippen LogP contribution in [0, 0.1) is 0 Å². The minimum Gasteiger partial charge on any atom is -0.489 e. The van der Waals surface area contributed by atoms with Crippen molar-refractivity contribution in [3.8, 4) is 0 Å².